The summed E-state index contributed by atoms with van der Waals surface area (Å²) < 4.78 is 6.67. The SMILES string of the molecule is NC1C=CC(Oc2ccc(Br)cc2)=CC1N. The minimum atomic E-state index is -0.185. The summed E-state index contributed by atoms with van der Waals surface area (Å²) in [6.45, 7) is 0. The van der Waals surface area contributed by atoms with Gasteiger partial charge in [-0.15, -0.1) is 0 Å². The number of hydrogen-bond acceptors (Lipinski definition) is 3. The smallest absolute Gasteiger partial charge is 0.127 e. The summed E-state index contributed by atoms with van der Waals surface area (Å²) in [5, 5.41) is 0. The summed E-state index contributed by atoms with van der Waals surface area (Å²) >= 11 is 3.37. The van der Waals surface area contributed by atoms with Gasteiger partial charge in [0.05, 0.1) is 0 Å². The van der Waals surface area contributed by atoms with Crippen molar-refractivity contribution < 1.29 is 4.74 Å². The Hall–Kier alpha value is -1.10. The van der Waals surface area contributed by atoms with Crippen LogP contribution in [0.25, 0.3) is 0 Å². The van der Waals surface area contributed by atoms with Gasteiger partial charge < -0.3 is 16.2 Å². The number of halogens is 1. The van der Waals surface area contributed by atoms with E-state index in [0.717, 1.165) is 16.0 Å². The van der Waals surface area contributed by atoms with Crippen LogP contribution in [0, 0.1) is 0 Å². The molecule has 0 heterocycles. The van der Waals surface area contributed by atoms with E-state index in [1.165, 1.54) is 0 Å². The van der Waals surface area contributed by atoms with E-state index >= 15 is 0 Å². The third kappa shape index (κ3) is 2.72. The van der Waals surface area contributed by atoms with Gasteiger partial charge in [0, 0.05) is 16.6 Å². The summed E-state index contributed by atoms with van der Waals surface area (Å²) in [6, 6.07) is 7.31. The average molecular weight is 281 g/mol. The fraction of sp³-hybridized carbons (Fsp3) is 0.167. The van der Waals surface area contributed by atoms with Crippen molar-refractivity contribution in [3.63, 3.8) is 0 Å². The first kappa shape index (κ1) is 11.4. The van der Waals surface area contributed by atoms with Crippen LogP contribution in [0.4, 0.5) is 0 Å². The van der Waals surface area contributed by atoms with E-state index in [-0.39, 0.29) is 12.1 Å². The summed E-state index contributed by atoms with van der Waals surface area (Å²) in [6.07, 6.45) is 5.52. The second-order valence-corrected chi connectivity index (χ2v) is 4.55. The number of rotatable bonds is 2. The lowest BCUT2D eigenvalue weighted by Gasteiger charge is -2.19. The number of benzene rings is 1. The Morgan fingerprint density at radius 2 is 1.75 bits per heavy atom. The van der Waals surface area contributed by atoms with E-state index in [4.69, 9.17) is 16.2 Å². The molecule has 4 N–H and O–H groups in total. The van der Waals surface area contributed by atoms with Crippen LogP contribution < -0.4 is 16.2 Å². The van der Waals surface area contributed by atoms with Gasteiger partial charge in [0.2, 0.25) is 0 Å². The molecule has 0 radical (unpaired) electrons. The van der Waals surface area contributed by atoms with E-state index < -0.39 is 0 Å². The zero-order chi connectivity index (χ0) is 11.5. The van der Waals surface area contributed by atoms with Gasteiger partial charge >= 0.3 is 0 Å². The first-order valence-electron chi connectivity index (χ1n) is 5.00. The first-order chi connectivity index (χ1) is 7.65. The van der Waals surface area contributed by atoms with E-state index in [1.807, 2.05) is 42.5 Å². The Bertz CT molecular complexity index is 425. The quantitative estimate of drug-likeness (QED) is 0.870. The van der Waals surface area contributed by atoms with Gasteiger partial charge in [-0.1, -0.05) is 22.0 Å². The summed E-state index contributed by atoms with van der Waals surface area (Å²) in [5.74, 6) is 1.51. The molecule has 0 fully saturated rings. The molecule has 1 aromatic carbocycles. The fourth-order valence-corrected chi connectivity index (χ4v) is 1.66. The van der Waals surface area contributed by atoms with Gasteiger partial charge in [-0.05, 0) is 36.4 Å². The van der Waals surface area contributed by atoms with Gasteiger partial charge in [0.1, 0.15) is 11.5 Å². The molecule has 4 heteroatoms. The van der Waals surface area contributed by atoms with Crippen molar-refractivity contribution in [3.8, 4) is 5.75 Å². The van der Waals surface area contributed by atoms with Crippen LogP contribution in [0.3, 0.4) is 0 Å². The Kier molecular flexibility index (Phi) is 3.43. The largest absolute Gasteiger partial charge is 0.458 e. The highest BCUT2D eigenvalue weighted by Gasteiger charge is 2.13. The van der Waals surface area contributed by atoms with Crippen LogP contribution in [-0.4, -0.2) is 12.1 Å². The maximum Gasteiger partial charge on any atom is 0.127 e. The van der Waals surface area contributed by atoms with Gasteiger partial charge in [-0.25, -0.2) is 0 Å². The van der Waals surface area contributed by atoms with Crippen LogP contribution in [-0.2, 0) is 0 Å². The van der Waals surface area contributed by atoms with E-state index in [9.17, 15) is 0 Å². The van der Waals surface area contributed by atoms with E-state index in [2.05, 4.69) is 15.9 Å². The van der Waals surface area contributed by atoms with Gasteiger partial charge in [0.25, 0.3) is 0 Å². The predicted octanol–water partition coefficient (Wildman–Crippen LogP) is 1.94. The molecular weight excluding hydrogens is 268 g/mol. The lowest BCUT2D eigenvalue weighted by Crippen LogP contribution is -2.40. The molecule has 0 saturated carbocycles. The molecule has 0 saturated heterocycles. The molecule has 1 aliphatic carbocycles. The number of ether oxygens (including phenoxy) is 1. The van der Waals surface area contributed by atoms with Crippen molar-refractivity contribution in [2.24, 2.45) is 11.5 Å². The fourth-order valence-electron chi connectivity index (χ4n) is 1.40. The Morgan fingerprint density at radius 1 is 1.06 bits per heavy atom. The van der Waals surface area contributed by atoms with Crippen LogP contribution in [0.1, 0.15) is 0 Å². The third-order valence-corrected chi connectivity index (χ3v) is 2.86. The molecule has 0 amide bonds. The Labute approximate surface area is 103 Å². The van der Waals surface area contributed by atoms with Crippen LogP contribution in [0.5, 0.6) is 5.75 Å². The number of allylic oxidation sites excluding steroid dienone is 1. The molecule has 0 aromatic heterocycles. The zero-order valence-electron chi connectivity index (χ0n) is 8.64. The van der Waals surface area contributed by atoms with Crippen LogP contribution in [0.15, 0.2) is 52.7 Å². The second-order valence-electron chi connectivity index (χ2n) is 3.64. The highest BCUT2D eigenvalue weighted by atomic mass is 79.9. The second kappa shape index (κ2) is 4.82. The maximum absolute atomic E-state index is 5.81. The van der Waals surface area contributed by atoms with E-state index in [1.54, 1.807) is 0 Å². The topological polar surface area (TPSA) is 61.3 Å². The molecule has 1 aromatic rings. The minimum Gasteiger partial charge on any atom is -0.458 e. The monoisotopic (exact) mass is 280 g/mol. The summed E-state index contributed by atoms with van der Waals surface area (Å²) in [5.41, 5.74) is 11.5. The molecule has 2 unspecified atom stereocenters. The lowest BCUT2D eigenvalue weighted by atomic mass is 10.0. The Balaban J connectivity index is 2.08. The van der Waals surface area contributed by atoms with Crippen LogP contribution in [0.2, 0.25) is 0 Å². The predicted molar refractivity (Wildman–Crippen MR) is 67.9 cm³/mol. The highest BCUT2D eigenvalue weighted by molar-refractivity contribution is 9.10. The zero-order valence-corrected chi connectivity index (χ0v) is 10.2. The van der Waals surface area contributed by atoms with Crippen molar-refractivity contribution in [1.29, 1.82) is 0 Å². The number of nitrogens with two attached hydrogens (primary N) is 2. The molecule has 16 heavy (non-hydrogen) atoms. The summed E-state index contributed by atoms with van der Waals surface area (Å²) in [4.78, 5) is 0. The van der Waals surface area contributed by atoms with Gasteiger partial charge in [-0.2, -0.15) is 0 Å². The molecule has 2 atom stereocenters. The molecule has 0 bridgehead atoms. The molecule has 1 aliphatic rings. The minimum absolute atomic E-state index is 0.128. The molecule has 84 valence electrons. The molecule has 0 aliphatic heterocycles. The van der Waals surface area contributed by atoms with Gasteiger partial charge in [0.15, 0.2) is 0 Å². The normalized spacial score (nSPS) is 24.1. The van der Waals surface area contributed by atoms with Crippen molar-refractivity contribution in [2.75, 3.05) is 0 Å². The highest BCUT2D eigenvalue weighted by Crippen LogP contribution is 2.20. The first-order valence-corrected chi connectivity index (χ1v) is 5.79. The Morgan fingerprint density at radius 3 is 2.38 bits per heavy atom. The summed E-state index contributed by atoms with van der Waals surface area (Å²) in [7, 11) is 0. The standard InChI is InChI=1S/C12H13BrN2O/c13-8-1-3-9(4-2-8)16-10-5-6-11(14)12(15)7-10/h1-7,11-12H,14-15H2. The lowest BCUT2D eigenvalue weighted by molar-refractivity contribution is 0.433. The van der Waals surface area contributed by atoms with Crippen molar-refractivity contribution in [2.45, 2.75) is 12.1 Å². The average Bonchev–Trinajstić information content (AvgIpc) is 2.27. The van der Waals surface area contributed by atoms with Crippen LogP contribution >= 0.6 is 15.9 Å². The molecular formula is C12H13BrN2O. The molecule has 2 rings (SSSR count). The maximum atomic E-state index is 5.81. The molecule has 3 nitrogen and oxygen atoms in total. The van der Waals surface area contributed by atoms with Crippen molar-refractivity contribution >= 4 is 15.9 Å². The molecule has 0 spiro atoms. The van der Waals surface area contributed by atoms with E-state index in [0.29, 0.717) is 0 Å². The van der Waals surface area contributed by atoms with Crippen molar-refractivity contribution in [3.05, 3.63) is 52.7 Å². The van der Waals surface area contributed by atoms with Crippen molar-refractivity contribution in [1.82, 2.24) is 0 Å². The van der Waals surface area contributed by atoms with Gasteiger partial charge in [-0.3, -0.25) is 0 Å². The third-order valence-electron chi connectivity index (χ3n) is 2.33. The number of hydrogen-bond donors (Lipinski definition) is 2.